The van der Waals surface area contributed by atoms with Crippen LogP contribution in [-0.2, 0) is 9.53 Å². The maximum Gasteiger partial charge on any atom is 0.319 e. The van der Waals surface area contributed by atoms with Gasteiger partial charge in [-0.25, -0.2) is 8.78 Å². The summed E-state index contributed by atoms with van der Waals surface area (Å²) in [6.45, 7) is 7.77. The fourth-order valence-corrected chi connectivity index (χ4v) is 3.19. The first-order chi connectivity index (χ1) is 10.3. The fraction of sp³-hybridized carbons (Fsp3) is 0.941. The van der Waals surface area contributed by atoms with Crippen LogP contribution in [0.2, 0.25) is 0 Å². The molecule has 0 amide bonds. The molecular formula is C17H32F2O2S. The molecule has 0 aliphatic heterocycles. The first kappa shape index (κ1) is 21.7. The smallest absolute Gasteiger partial charge is 0.319 e. The molecule has 1 atom stereocenters. The van der Waals surface area contributed by atoms with Gasteiger partial charge in [-0.1, -0.05) is 32.6 Å². The standard InChI is InChI=1S/C17H32F2O2S/c1-5-6-8-11-14(16(20)21-17(2,3)4)22-13-10-7-9-12-15(18)19/h14-15H,5-13H2,1-4H3. The molecule has 0 aliphatic rings. The summed E-state index contributed by atoms with van der Waals surface area (Å²) >= 11 is 1.62. The molecule has 0 fully saturated rings. The predicted octanol–water partition coefficient (Wildman–Crippen LogP) is 5.84. The second-order valence-electron chi connectivity index (χ2n) is 6.63. The van der Waals surface area contributed by atoms with Gasteiger partial charge in [-0.2, -0.15) is 0 Å². The number of ether oxygens (including phenoxy) is 1. The summed E-state index contributed by atoms with van der Waals surface area (Å²) in [5, 5.41) is -0.124. The van der Waals surface area contributed by atoms with Gasteiger partial charge >= 0.3 is 5.97 Å². The molecule has 5 heteroatoms. The Hall–Kier alpha value is -0.320. The van der Waals surface area contributed by atoms with E-state index in [9.17, 15) is 13.6 Å². The molecule has 132 valence electrons. The van der Waals surface area contributed by atoms with Gasteiger partial charge in [-0.15, -0.1) is 11.8 Å². The van der Waals surface area contributed by atoms with Crippen LogP contribution in [0.5, 0.6) is 0 Å². The molecule has 0 spiro atoms. The highest BCUT2D eigenvalue weighted by molar-refractivity contribution is 8.00. The van der Waals surface area contributed by atoms with E-state index < -0.39 is 12.0 Å². The molecule has 0 rings (SSSR count). The van der Waals surface area contributed by atoms with Crippen LogP contribution in [0, 0.1) is 0 Å². The Bertz CT molecular complexity index is 291. The van der Waals surface area contributed by atoms with Crippen molar-refractivity contribution < 1.29 is 18.3 Å². The molecule has 22 heavy (non-hydrogen) atoms. The second-order valence-corrected chi connectivity index (χ2v) is 7.94. The van der Waals surface area contributed by atoms with Crippen LogP contribution in [0.1, 0.15) is 79.1 Å². The summed E-state index contributed by atoms with van der Waals surface area (Å²) in [5.41, 5.74) is -0.460. The number of esters is 1. The number of carbonyl (C=O) groups is 1. The Morgan fingerprint density at radius 1 is 1.05 bits per heavy atom. The Balaban J connectivity index is 4.10. The van der Waals surface area contributed by atoms with E-state index in [4.69, 9.17) is 4.74 Å². The van der Waals surface area contributed by atoms with Gasteiger partial charge in [0.15, 0.2) is 0 Å². The van der Waals surface area contributed by atoms with Crippen molar-refractivity contribution in [2.24, 2.45) is 0 Å². The lowest BCUT2D eigenvalue weighted by atomic mass is 10.1. The summed E-state index contributed by atoms with van der Waals surface area (Å²) in [4.78, 5) is 12.2. The molecule has 0 radical (unpaired) electrons. The van der Waals surface area contributed by atoms with Gasteiger partial charge in [0.1, 0.15) is 10.9 Å². The van der Waals surface area contributed by atoms with Gasteiger partial charge < -0.3 is 4.74 Å². The van der Waals surface area contributed by atoms with E-state index in [2.05, 4.69) is 6.92 Å². The van der Waals surface area contributed by atoms with Crippen molar-refractivity contribution in [1.82, 2.24) is 0 Å². The van der Waals surface area contributed by atoms with E-state index in [0.29, 0.717) is 6.42 Å². The fourth-order valence-electron chi connectivity index (χ4n) is 2.02. The van der Waals surface area contributed by atoms with Crippen LogP contribution in [0.4, 0.5) is 8.78 Å². The summed E-state index contributed by atoms with van der Waals surface area (Å²) in [6, 6.07) is 0. The zero-order valence-electron chi connectivity index (χ0n) is 14.5. The Morgan fingerprint density at radius 2 is 1.68 bits per heavy atom. The quantitative estimate of drug-likeness (QED) is 0.330. The third-order valence-electron chi connectivity index (χ3n) is 3.13. The average Bonchev–Trinajstić information content (AvgIpc) is 2.38. The highest BCUT2D eigenvalue weighted by Crippen LogP contribution is 2.23. The lowest BCUT2D eigenvalue weighted by Gasteiger charge is -2.23. The van der Waals surface area contributed by atoms with Gasteiger partial charge in [-0.05, 0) is 45.8 Å². The van der Waals surface area contributed by atoms with Gasteiger partial charge in [0.05, 0.1) is 0 Å². The minimum absolute atomic E-state index is 0.0172. The Kier molecular flexibility index (Phi) is 12.0. The predicted molar refractivity (Wildman–Crippen MR) is 90.7 cm³/mol. The largest absolute Gasteiger partial charge is 0.459 e. The van der Waals surface area contributed by atoms with Crippen LogP contribution in [-0.4, -0.2) is 29.0 Å². The molecule has 0 aromatic carbocycles. The topological polar surface area (TPSA) is 26.3 Å². The zero-order valence-corrected chi connectivity index (χ0v) is 15.3. The molecule has 1 unspecified atom stereocenters. The molecule has 0 saturated heterocycles. The summed E-state index contributed by atoms with van der Waals surface area (Å²) in [6.07, 6.45) is 4.13. The number of halogens is 2. The molecule has 0 bridgehead atoms. The number of hydrogen-bond donors (Lipinski definition) is 0. The lowest BCUT2D eigenvalue weighted by Crippen LogP contribution is -2.30. The van der Waals surface area contributed by atoms with Crippen molar-refractivity contribution in [3.63, 3.8) is 0 Å². The first-order valence-electron chi connectivity index (χ1n) is 8.39. The van der Waals surface area contributed by atoms with E-state index >= 15 is 0 Å². The molecule has 0 N–H and O–H groups in total. The molecule has 0 aromatic heterocycles. The minimum atomic E-state index is -2.20. The highest BCUT2D eigenvalue weighted by Gasteiger charge is 2.24. The van der Waals surface area contributed by atoms with Crippen LogP contribution in [0.15, 0.2) is 0 Å². The van der Waals surface area contributed by atoms with E-state index in [-0.39, 0.29) is 17.6 Å². The van der Waals surface area contributed by atoms with Crippen molar-refractivity contribution in [2.45, 2.75) is 96.3 Å². The van der Waals surface area contributed by atoms with Crippen LogP contribution >= 0.6 is 11.8 Å². The minimum Gasteiger partial charge on any atom is -0.459 e. The third kappa shape index (κ3) is 13.4. The number of unbranched alkanes of at least 4 members (excludes halogenated alkanes) is 4. The summed E-state index contributed by atoms with van der Waals surface area (Å²) in [7, 11) is 0. The normalized spacial score (nSPS) is 13.4. The molecule has 0 heterocycles. The average molecular weight is 339 g/mol. The number of carbonyl (C=O) groups excluding carboxylic acids is 1. The van der Waals surface area contributed by atoms with Crippen molar-refractivity contribution in [1.29, 1.82) is 0 Å². The Labute approximate surface area is 138 Å². The highest BCUT2D eigenvalue weighted by atomic mass is 32.2. The molecule has 2 nitrogen and oxygen atoms in total. The van der Waals surface area contributed by atoms with Crippen molar-refractivity contribution in [3.05, 3.63) is 0 Å². The van der Waals surface area contributed by atoms with Gasteiger partial charge in [0.25, 0.3) is 0 Å². The van der Waals surface area contributed by atoms with Crippen LogP contribution < -0.4 is 0 Å². The monoisotopic (exact) mass is 338 g/mol. The zero-order chi connectivity index (χ0) is 17.0. The van der Waals surface area contributed by atoms with E-state index in [1.54, 1.807) is 11.8 Å². The van der Waals surface area contributed by atoms with Crippen molar-refractivity contribution >= 4 is 17.7 Å². The summed E-state index contributed by atoms with van der Waals surface area (Å²) < 4.78 is 29.6. The SMILES string of the molecule is CCCCCC(SCCCCCC(F)F)C(=O)OC(C)(C)C. The van der Waals surface area contributed by atoms with Crippen molar-refractivity contribution in [3.8, 4) is 0 Å². The maximum absolute atomic E-state index is 12.2. The van der Waals surface area contributed by atoms with Crippen LogP contribution in [0.25, 0.3) is 0 Å². The molecule has 0 aromatic rings. The summed E-state index contributed by atoms with van der Waals surface area (Å²) in [5.74, 6) is 0.695. The van der Waals surface area contributed by atoms with Crippen molar-refractivity contribution in [2.75, 3.05) is 5.75 Å². The van der Waals surface area contributed by atoms with Gasteiger partial charge in [-0.3, -0.25) is 4.79 Å². The lowest BCUT2D eigenvalue weighted by molar-refractivity contribution is -0.154. The first-order valence-corrected chi connectivity index (χ1v) is 9.43. The molecule has 0 saturated carbocycles. The van der Waals surface area contributed by atoms with E-state index in [1.807, 2.05) is 20.8 Å². The second kappa shape index (κ2) is 12.1. The maximum atomic E-state index is 12.2. The molecule has 0 aliphatic carbocycles. The van der Waals surface area contributed by atoms with Crippen LogP contribution in [0.3, 0.4) is 0 Å². The molecular weight excluding hydrogens is 306 g/mol. The van der Waals surface area contributed by atoms with Gasteiger partial charge in [0, 0.05) is 6.42 Å². The number of alkyl halides is 2. The van der Waals surface area contributed by atoms with Gasteiger partial charge in [0.2, 0.25) is 6.43 Å². The number of hydrogen-bond acceptors (Lipinski definition) is 3. The van der Waals surface area contributed by atoms with E-state index in [1.165, 1.54) is 0 Å². The van der Waals surface area contributed by atoms with E-state index in [0.717, 1.165) is 44.3 Å². The third-order valence-corrected chi connectivity index (χ3v) is 4.48. The Morgan fingerprint density at radius 3 is 2.23 bits per heavy atom. The number of thioether (sulfide) groups is 1. The number of rotatable bonds is 12.